The molecule has 2 rings (SSSR count). The zero-order chi connectivity index (χ0) is 18.1. The molecule has 1 heterocycles. The van der Waals surface area contributed by atoms with Crippen LogP contribution in [0.15, 0.2) is 29.2 Å². The van der Waals surface area contributed by atoms with Gasteiger partial charge >= 0.3 is 0 Å². The Labute approximate surface area is 142 Å². The molecule has 0 aliphatic rings. The number of nitrogens with zero attached hydrogens (tertiary/aromatic N) is 1. The monoisotopic (exact) mass is 349 g/mol. The van der Waals surface area contributed by atoms with Crippen LogP contribution < -0.4 is 10.0 Å². The number of aryl methyl sites for hydroxylation is 2. The Balaban J connectivity index is 2.28. The molecular formula is C17H23N3O3S. The zero-order valence-electron chi connectivity index (χ0n) is 14.6. The molecule has 1 amide bonds. The third-order valence-electron chi connectivity index (χ3n) is 4.35. The number of rotatable bonds is 5. The molecule has 0 saturated carbocycles. The molecule has 1 aromatic heterocycles. The predicted molar refractivity (Wildman–Crippen MR) is 93.5 cm³/mol. The van der Waals surface area contributed by atoms with Gasteiger partial charge in [0.2, 0.25) is 10.0 Å². The lowest BCUT2D eigenvalue weighted by atomic mass is 10.1. The summed E-state index contributed by atoms with van der Waals surface area (Å²) in [5.41, 5.74) is 3.81. The maximum absolute atomic E-state index is 12.4. The largest absolute Gasteiger partial charge is 0.350 e. The summed E-state index contributed by atoms with van der Waals surface area (Å²) < 4.78 is 28.6. The average molecular weight is 349 g/mol. The minimum atomic E-state index is -3.61. The van der Waals surface area contributed by atoms with Crippen molar-refractivity contribution in [2.75, 3.05) is 7.05 Å². The van der Waals surface area contributed by atoms with E-state index in [1.165, 1.54) is 13.1 Å². The van der Waals surface area contributed by atoms with Crippen LogP contribution >= 0.6 is 0 Å². The molecular weight excluding hydrogens is 326 g/mol. The number of hydrogen-bond donors (Lipinski definition) is 2. The van der Waals surface area contributed by atoms with Crippen molar-refractivity contribution in [3.63, 3.8) is 0 Å². The van der Waals surface area contributed by atoms with Crippen molar-refractivity contribution in [1.82, 2.24) is 14.6 Å². The second-order valence-electron chi connectivity index (χ2n) is 5.83. The maximum Gasteiger partial charge on any atom is 0.251 e. The van der Waals surface area contributed by atoms with Crippen molar-refractivity contribution in [3.05, 3.63) is 52.3 Å². The number of nitrogens with one attached hydrogen (secondary N) is 2. The van der Waals surface area contributed by atoms with Gasteiger partial charge in [0.1, 0.15) is 0 Å². The fraction of sp³-hybridized carbons (Fsp3) is 0.353. The predicted octanol–water partition coefficient (Wildman–Crippen LogP) is 1.79. The van der Waals surface area contributed by atoms with E-state index in [1.54, 1.807) is 19.9 Å². The maximum atomic E-state index is 12.4. The molecule has 1 aromatic carbocycles. The number of sulfonamides is 1. The summed E-state index contributed by atoms with van der Waals surface area (Å²) in [7, 11) is -0.321. The van der Waals surface area contributed by atoms with Gasteiger partial charge in [0.15, 0.2) is 0 Å². The normalized spacial score (nSPS) is 11.5. The molecule has 0 saturated heterocycles. The summed E-state index contributed by atoms with van der Waals surface area (Å²) in [6.07, 6.45) is 0. The Morgan fingerprint density at radius 2 is 1.83 bits per heavy atom. The first-order valence-corrected chi connectivity index (χ1v) is 9.10. The van der Waals surface area contributed by atoms with Crippen molar-refractivity contribution < 1.29 is 13.2 Å². The van der Waals surface area contributed by atoms with E-state index in [-0.39, 0.29) is 10.8 Å². The van der Waals surface area contributed by atoms with Crippen molar-refractivity contribution >= 4 is 15.9 Å². The lowest BCUT2D eigenvalue weighted by molar-refractivity contribution is 0.0950. The molecule has 0 unspecified atom stereocenters. The van der Waals surface area contributed by atoms with Crippen molar-refractivity contribution in [3.8, 4) is 0 Å². The fourth-order valence-electron chi connectivity index (χ4n) is 2.46. The zero-order valence-corrected chi connectivity index (χ0v) is 15.4. The van der Waals surface area contributed by atoms with E-state index in [4.69, 9.17) is 0 Å². The standard InChI is InChI=1S/C17H23N3O3S/c1-11-8-14(9-16(13(11)3)24(22,23)18-4)17(21)19-10-15-7-6-12(2)20(15)5/h6-9,18H,10H2,1-5H3,(H,19,21). The Hall–Kier alpha value is -2.12. The molecule has 0 radical (unpaired) electrons. The van der Waals surface area contributed by atoms with E-state index < -0.39 is 10.0 Å². The van der Waals surface area contributed by atoms with E-state index in [9.17, 15) is 13.2 Å². The second kappa shape index (κ2) is 6.78. The minimum Gasteiger partial charge on any atom is -0.350 e. The molecule has 0 atom stereocenters. The minimum absolute atomic E-state index is 0.130. The SMILES string of the molecule is CNS(=O)(=O)c1cc(C(=O)NCc2ccc(C)n2C)cc(C)c1C. The van der Waals surface area contributed by atoms with Gasteiger partial charge in [0, 0.05) is 24.0 Å². The van der Waals surface area contributed by atoms with E-state index in [0.29, 0.717) is 17.7 Å². The topological polar surface area (TPSA) is 80.2 Å². The van der Waals surface area contributed by atoms with Crippen LogP contribution in [0.4, 0.5) is 0 Å². The highest BCUT2D eigenvalue weighted by Crippen LogP contribution is 2.21. The van der Waals surface area contributed by atoms with Crippen molar-refractivity contribution in [2.45, 2.75) is 32.2 Å². The Morgan fingerprint density at radius 1 is 1.17 bits per heavy atom. The summed E-state index contributed by atoms with van der Waals surface area (Å²) in [6, 6.07) is 7.05. The van der Waals surface area contributed by atoms with Gasteiger partial charge in [-0.05, 0) is 63.2 Å². The second-order valence-corrected chi connectivity index (χ2v) is 7.69. The first kappa shape index (κ1) is 18.2. The fourth-order valence-corrected chi connectivity index (χ4v) is 3.53. The van der Waals surface area contributed by atoms with E-state index >= 15 is 0 Å². The average Bonchev–Trinajstić information content (AvgIpc) is 2.86. The van der Waals surface area contributed by atoms with Crippen molar-refractivity contribution in [2.24, 2.45) is 7.05 Å². The lowest BCUT2D eigenvalue weighted by Crippen LogP contribution is -2.25. The smallest absolute Gasteiger partial charge is 0.251 e. The number of carbonyl (C=O) groups excluding carboxylic acids is 1. The summed E-state index contributed by atoms with van der Waals surface area (Å²) in [5.74, 6) is -0.301. The van der Waals surface area contributed by atoms with Crippen LogP contribution in [-0.2, 0) is 23.6 Å². The third kappa shape index (κ3) is 3.52. The quantitative estimate of drug-likeness (QED) is 0.864. The molecule has 0 aliphatic carbocycles. The van der Waals surface area contributed by atoms with Gasteiger partial charge < -0.3 is 9.88 Å². The van der Waals surface area contributed by atoms with Crippen LogP contribution in [0.3, 0.4) is 0 Å². The molecule has 2 N–H and O–H groups in total. The van der Waals surface area contributed by atoms with Crippen LogP contribution in [-0.4, -0.2) is 25.9 Å². The molecule has 0 fully saturated rings. The Bertz CT molecular complexity index is 883. The van der Waals surface area contributed by atoms with Gasteiger partial charge in [-0.15, -0.1) is 0 Å². The van der Waals surface area contributed by atoms with E-state index in [0.717, 1.165) is 17.0 Å². The number of hydrogen-bond acceptors (Lipinski definition) is 3. The summed E-state index contributed by atoms with van der Waals surface area (Å²) in [4.78, 5) is 12.6. The van der Waals surface area contributed by atoms with Crippen LogP contribution in [0.5, 0.6) is 0 Å². The highest BCUT2D eigenvalue weighted by Gasteiger charge is 2.19. The molecule has 6 nitrogen and oxygen atoms in total. The molecule has 7 heteroatoms. The van der Waals surface area contributed by atoms with Crippen LogP contribution in [0.1, 0.15) is 32.9 Å². The lowest BCUT2D eigenvalue weighted by Gasteiger charge is -2.13. The van der Waals surface area contributed by atoms with Gasteiger partial charge in [0.25, 0.3) is 5.91 Å². The van der Waals surface area contributed by atoms with Gasteiger partial charge in [0.05, 0.1) is 11.4 Å². The van der Waals surface area contributed by atoms with Crippen LogP contribution in [0.2, 0.25) is 0 Å². The van der Waals surface area contributed by atoms with Gasteiger partial charge in [-0.1, -0.05) is 0 Å². The first-order chi connectivity index (χ1) is 11.2. The Morgan fingerprint density at radius 3 is 2.38 bits per heavy atom. The summed E-state index contributed by atoms with van der Waals surface area (Å²) in [6.45, 7) is 5.89. The number of amides is 1. The summed E-state index contributed by atoms with van der Waals surface area (Å²) in [5, 5.41) is 2.84. The van der Waals surface area contributed by atoms with Crippen molar-refractivity contribution in [1.29, 1.82) is 0 Å². The molecule has 2 aromatic rings. The molecule has 24 heavy (non-hydrogen) atoms. The summed E-state index contributed by atoms with van der Waals surface area (Å²) >= 11 is 0. The Kier molecular flexibility index (Phi) is 5.15. The van der Waals surface area contributed by atoms with E-state index in [1.807, 2.05) is 30.7 Å². The van der Waals surface area contributed by atoms with E-state index in [2.05, 4.69) is 10.0 Å². The number of benzene rings is 1. The highest BCUT2D eigenvalue weighted by atomic mass is 32.2. The van der Waals surface area contributed by atoms with Crippen LogP contribution in [0.25, 0.3) is 0 Å². The van der Waals surface area contributed by atoms with Gasteiger partial charge in [-0.2, -0.15) is 0 Å². The number of aromatic nitrogens is 1. The van der Waals surface area contributed by atoms with Crippen LogP contribution in [0, 0.1) is 20.8 Å². The molecule has 0 spiro atoms. The van der Waals surface area contributed by atoms with Gasteiger partial charge in [-0.3, -0.25) is 4.79 Å². The number of carbonyl (C=O) groups is 1. The first-order valence-electron chi connectivity index (χ1n) is 7.61. The molecule has 130 valence electrons. The highest BCUT2D eigenvalue weighted by molar-refractivity contribution is 7.89. The van der Waals surface area contributed by atoms with Gasteiger partial charge in [-0.25, -0.2) is 13.1 Å². The molecule has 0 bridgehead atoms. The molecule has 0 aliphatic heterocycles. The third-order valence-corrected chi connectivity index (χ3v) is 5.89.